The normalized spacial score (nSPS) is 20.1. The monoisotopic (exact) mass is 336 g/mol. The van der Waals surface area contributed by atoms with Crippen LogP contribution in [0.2, 0.25) is 0 Å². The molecule has 1 aliphatic rings. The summed E-state index contributed by atoms with van der Waals surface area (Å²) in [5, 5.41) is 11.7. The molecule has 8 nitrogen and oxygen atoms in total. The summed E-state index contributed by atoms with van der Waals surface area (Å²) in [6.07, 6.45) is -1.44. The summed E-state index contributed by atoms with van der Waals surface area (Å²) < 4.78 is 9.84. The second-order valence-corrected chi connectivity index (χ2v) is 5.46. The molecule has 2 amide bonds. The molecule has 0 aliphatic carbocycles. The van der Waals surface area contributed by atoms with Gasteiger partial charge in [-0.05, 0) is 12.0 Å². The zero-order valence-corrected chi connectivity index (χ0v) is 13.3. The maximum absolute atomic E-state index is 11.9. The fourth-order valence-electron chi connectivity index (χ4n) is 2.60. The van der Waals surface area contributed by atoms with Crippen LogP contribution >= 0.6 is 0 Å². The fraction of sp³-hybridized carbons (Fsp3) is 0.438. The molecule has 1 fully saturated rings. The molecule has 24 heavy (non-hydrogen) atoms. The van der Waals surface area contributed by atoms with Crippen molar-refractivity contribution < 1.29 is 29.0 Å². The quantitative estimate of drug-likeness (QED) is 0.806. The number of benzene rings is 1. The van der Waals surface area contributed by atoms with E-state index in [0.29, 0.717) is 6.42 Å². The van der Waals surface area contributed by atoms with Crippen LogP contribution in [0.4, 0.5) is 9.59 Å². The van der Waals surface area contributed by atoms with E-state index in [9.17, 15) is 14.4 Å². The number of methoxy groups -OCH3 is 1. The number of hydrogen-bond donors (Lipinski definition) is 2. The zero-order chi connectivity index (χ0) is 17.5. The summed E-state index contributed by atoms with van der Waals surface area (Å²) in [5.74, 6) is -1.32. The van der Waals surface area contributed by atoms with Gasteiger partial charge < -0.3 is 24.8 Å². The lowest BCUT2D eigenvalue weighted by molar-refractivity contribution is -0.148. The highest BCUT2D eigenvalue weighted by atomic mass is 16.5. The van der Waals surface area contributed by atoms with Gasteiger partial charge in [-0.2, -0.15) is 0 Å². The van der Waals surface area contributed by atoms with Crippen LogP contribution in [0.15, 0.2) is 30.3 Å². The van der Waals surface area contributed by atoms with Crippen LogP contribution in [0.3, 0.4) is 0 Å². The largest absolute Gasteiger partial charge is 0.469 e. The number of likely N-dealkylation sites (tertiary alicyclic amines) is 1. The molecule has 0 aromatic heterocycles. The van der Waals surface area contributed by atoms with Crippen molar-refractivity contribution in [2.45, 2.75) is 19.1 Å². The Kier molecular flexibility index (Phi) is 6.00. The van der Waals surface area contributed by atoms with Gasteiger partial charge in [0, 0.05) is 19.1 Å². The second-order valence-electron chi connectivity index (χ2n) is 5.46. The molecule has 0 saturated carbocycles. The third-order valence-electron chi connectivity index (χ3n) is 3.90. The number of alkyl carbamates (subject to hydrolysis) is 1. The molecule has 8 heteroatoms. The molecule has 1 aliphatic heterocycles. The number of carbonyl (C=O) groups excluding carboxylic acids is 2. The maximum Gasteiger partial charge on any atom is 0.407 e. The number of esters is 1. The first-order valence-corrected chi connectivity index (χ1v) is 7.54. The van der Waals surface area contributed by atoms with Gasteiger partial charge in [-0.1, -0.05) is 30.3 Å². The number of carbonyl (C=O) groups is 3. The van der Waals surface area contributed by atoms with Crippen molar-refractivity contribution in [3.8, 4) is 0 Å². The Morgan fingerprint density at radius 1 is 1.29 bits per heavy atom. The van der Waals surface area contributed by atoms with Gasteiger partial charge in [-0.15, -0.1) is 0 Å². The molecular formula is C16H20N2O6. The highest BCUT2D eigenvalue weighted by Gasteiger charge is 2.38. The van der Waals surface area contributed by atoms with Crippen LogP contribution in [0.5, 0.6) is 0 Å². The third kappa shape index (κ3) is 4.61. The third-order valence-corrected chi connectivity index (χ3v) is 3.90. The van der Waals surface area contributed by atoms with Gasteiger partial charge in [0.2, 0.25) is 0 Å². The van der Waals surface area contributed by atoms with Gasteiger partial charge in [0.05, 0.1) is 13.0 Å². The summed E-state index contributed by atoms with van der Waals surface area (Å²) in [6, 6.07) is 8.67. The number of amides is 2. The van der Waals surface area contributed by atoms with Crippen LogP contribution < -0.4 is 5.32 Å². The van der Waals surface area contributed by atoms with Gasteiger partial charge in [0.25, 0.3) is 0 Å². The van der Waals surface area contributed by atoms with Crippen molar-refractivity contribution in [2.75, 3.05) is 20.2 Å². The van der Waals surface area contributed by atoms with Crippen LogP contribution in [0.1, 0.15) is 12.0 Å². The van der Waals surface area contributed by atoms with E-state index in [1.54, 1.807) is 0 Å². The SMILES string of the molecule is COC(=O)[C@@H]1CN(C(=O)O)CC[C@@H]1NC(=O)OCc1ccccc1. The Hall–Kier alpha value is -2.77. The number of rotatable bonds is 4. The molecule has 1 saturated heterocycles. The summed E-state index contributed by atoms with van der Waals surface area (Å²) in [4.78, 5) is 36.0. The Labute approximate surface area is 139 Å². The van der Waals surface area contributed by atoms with Gasteiger partial charge in [-0.3, -0.25) is 4.79 Å². The number of piperidine rings is 1. The molecule has 130 valence electrons. The smallest absolute Gasteiger partial charge is 0.407 e. The first-order chi connectivity index (χ1) is 11.5. The lowest BCUT2D eigenvalue weighted by Crippen LogP contribution is -2.54. The van der Waals surface area contributed by atoms with E-state index in [0.717, 1.165) is 10.5 Å². The predicted molar refractivity (Wildman–Crippen MR) is 83.3 cm³/mol. The molecule has 2 rings (SSSR count). The summed E-state index contributed by atoms with van der Waals surface area (Å²) in [6.45, 7) is 0.321. The van der Waals surface area contributed by atoms with E-state index >= 15 is 0 Å². The van der Waals surface area contributed by atoms with Gasteiger partial charge in [0.15, 0.2) is 0 Å². The van der Waals surface area contributed by atoms with E-state index in [4.69, 9.17) is 14.6 Å². The lowest BCUT2D eigenvalue weighted by atomic mass is 9.92. The Morgan fingerprint density at radius 2 is 2.00 bits per heavy atom. The Balaban J connectivity index is 1.92. The molecule has 1 aromatic carbocycles. The van der Waals surface area contributed by atoms with E-state index in [-0.39, 0.29) is 19.7 Å². The Bertz CT molecular complexity index is 591. The van der Waals surface area contributed by atoms with Gasteiger partial charge in [-0.25, -0.2) is 9.59 Å². The standard InChI is InChI=1S/C16H20N2O6/c1-23-14(19)12-9-18(16(21)22)8-7-13(12)17-15(20)24-10-11-5-3-2-4-6-11/h2-6,12-13H,7-10H2,1H3,(H,17,20)(H,21,22)/t12-,13+/m1/s1. The average Bonchev–Trinajstić information content (AvgIpc) is 2.60. The van der Waals surface area contributed by atoms with E-state index in [1.165, 1.54) is 7.11 Å². The summed E-state index contributed by atoms with van der Waals surface area (Å²) in [5.41, 5.74) is 0.845. The molecule has 0 bridgehead atoms. The van der Waals surface area contributed by atoms with Crippen molar-refractivity contribution in [1.82, 2.24) is 10.2 Å². The first-order valence-electron chi connectivity index (χ1n) is 7.54. The van der Waals surface area contributed by atoms with Gasteiger partial charge in [0.1, 0.15) is 6.61 Å². The number of carboxylic acid groups (broad SMARTS) is 1. The van der Waals surface area contributed by atoms with E-state index in [1.807, 2.05) is 30.3 Å². The molecule has 0 radical (unpaired) electrons. The summed E-state index contributed by atoms with van der Waals surface area (Å²) >= 11 is 0. The van der Waals surface area contributed by atoms with Crippen molar-refractivity contribution in [2.24, 2.45) is 5.92 Å². The summed E-state index contributed by atoms with van der Waals surface area (Å²) in [7, 11) is 1.23. The fourth-order valence-corrected chi connectivity index (χ4v) is 2.60. The molecule has 1 heterocycles. The Morgan fingerprint density at radius 3 is 2.62 bits per heavy atom. The minimum absolute atomic E-state index is 0.0222. The topological polar surface area (TPSA) is 105 Å². The van der Waals surface area contributed by atoms with E-state index < -0.39 is 30.1 Å². The van der Waals surface area contributed by atoms with E-state index in [2.05, 4.69) is 5.32 Å². The number of nitrogens with one attached hydrogen (secondary N) is 1. The highest BCUT2D eigenvalue weighted by molar-refractivity contribution is 5.76. The molecule has 2 atom stereocenters. The van der Waals surface area contributed by atoms with Crippen molar-refractivity contribution in [3.63, 3.8) is 0 Å². The minimum Gasteiger partial charge on any atom is -0.469 e. The van der Waals surface area contributed by atoms with Crippen LogP contribution in [0, 0.1) is 5.92 Å². The zero-order valence-electron chi connectivity index (χ0n) is 13.3. The first kappa shape index (κ1) is 17.6. The van der Waals surface area contributed by atoms with Crippen molar-refractivity contribution >= 4 is 18.2 Å². The number of ether oxygens (including phenoxy) is 2. The number of hydrogen-bond acceptors (Lipinski definition) is 5. The van der Waals surface area contributed by atoms with Crippen LogP contribution in [-0.4, -0.2) is 54.4 Å². The van der Waals surface area contributed by atoms with Crippen LogP contribution in [0.25, 0.3) is 0 Å². The van der Waals surface area contributed by atoms with Crippen LogP contribution in [-0.2, 0) is 20.9 Å². The number of nitrogens with zero attached hydrogens (tertiary/aromatic N) is 1. The van der Waals surface area contributed by atoms with Crippen molar-refractivity contribution in [1.29, 1.82) is 0 Å². The molecule has 0 unspecified atom stereocenters. The van der Waals surface area contributed by atoms with Crippen molar-refractivity contribution in [3.05, 3.63) is 35.9 Å². The van der Waals surface area contributed by atoms with Gasteiger partial charge >= 0.3 is 18.2 Å². The maximum atomic E-state index is 11.9. The average molecular weight is 336 g/mol. The molecule has 2 N–H and O–H groups in total. The minimum atomic E-state index is -1.10. The second kappa shape index (κ2) is 8.19. The molecule has 0 spiro atoms. The lowest BCUT2D eigenvalue weighted by Gasteiger charge is -2.35. The molecule has 1 aromatic rings. The predicted octanol–water partition coefficient (Wildman–Crippen LogP) is 1.45. The molecular weight excluding hydrogens is 316 g/mol. The highest BCUT2D eigenvalue weighted by Crippen LogP contribution is 2.19.